The summed E-state index contributed by atoms with van der Waals surface area (Å²) in [6.45, 7) is 7.13. The van der Waals surface area contributed by atoms with Crippen LogP contribution >= 0.6 is 11.6 Å². The van der Waals surface area contributed by atoms with Gasteiger partial charge in [-0.15, -0.1) is 0 Å². The van der Waals surface area contributed by atoms with E-state index in [1.54, 1.807) is 19.2 Å². The minimum absolute atomic E-state index is 0.0249. The van der Waals surface area contributed by atoms with Gasteiger partial charge in [0.25, 0.3) is 27.7 Å². The molecule has 62 heavy (non-hydrogen) atoms. The Bertz CT molecular complexity index is 2190. The quantitative estimate of drug-likeness (QED) is 0.0955. The maximum Gasteiger partial charge on any atom is 0.295 e. The van der Waals surface area contributed by atoms with Crippen molar-refractivity contribution in [2.45, 2.75) is 126 Å². The van der Waals surface area contributed by atoms with E-state index in [1.165, 1.54) is 25.5 Å². The second-order valence-electron chi connectivity index (χ2n) is 15.7. The summed E-state index contributed by atoms with van der Waals surface area (Å²) in [6, 6.07) is -3.20. The van der Waals surface area contributed by atoms with Crippen molar-refractivity contribution in [3.63, 3.8) is 0 Å². The van der Waals surface area contributed by atoms with Gasteiger partial charge in [-0.1, -0.05) is 84.7 Å². The SMILES string of the molecule is CC[C@H](N)C(=O)C(=O)NC(=O)CN(C(=O)[C@H](CC1CCCCC1)NC(=O)[C@@H](NC(=O)[C@H](CC(C)C)NC(=O)c1cnccn1)[C@@H](C)CC)S(=O)(=O)c1cc(Cl)cc(S(N)(=O)=O)c1. The average Bonchev–Trinajstić information content (AvgIpc) is 3.22. The molecule has 0 unspecified atom stereocenters. The molecule has 1 aromatic carbocycles. The molecule has 1 aliphatic carbocycles. The number of carbonyl (C=O) groups is 7. The van der Waals surface area contributed by atoms with Gasteiger partial charge in [-0.3, -0.25) is 43.9 Å². The van der Waals surface area contributed by atoms with E-state index in [0.717, 1.165) is 31.4 Å². The van der Waals surface area contributed by atoms with Crippen LogP contribution in [0.15, 0.2) is 46.6 Å². The summed E-state index contributed by atoms with van der Waals surface area (Å²) in [5.41, 5.74) is 5.60. The fourth-order valence-electron chi connectivity index (χ4n) is 6.69. The average molecular weight is 927 g/mol. The zero-order chi connectivity index (χ0) is 46.5. The second kappa shape index (κ2) is 23.0. The standard InChI is InChI=1S/C39H56ClN9O11S2/c1-6-23(5)33(48-35(52)29(15-22(3)4)45-36(53)31-20-43-13-14-44-31)37(54)46-30(16-24-11-9-8-10-12-24)39(56)49(21-32(50)47-38(55)34(51)28(41)7-2)62(59,60)27-18-25(40)17-26(19-27)61(42,57)58/h13-14,17-20,22-24,28-30,33H,6-12,15-16,21,41H2,1-5H3,(H,45,53)(H,46,54)(H,48,52)(H2,42,57,58)(H,47,50,55)/t23-,28-,29-,30-,33-/m0/s1. The van der Waals surface area contributed by atoms with Crippen molar-refractivity contribution in [1.29, 1.82) is 0 Å². The first-order valence-electron chi connectivity index (χ1n) is 20.2. The van der Waals surface area contributed by atoms with Gasteiger partial charge in [0, 0.05) is 17.4 Å². The van der Waals surface area contributed by atoms with E-state index in [-0.39, 0.29) is 41.1 Å². The number of nitrogens with zero attached hydrogens (tertiary/aromatic N) is 3. The molecule has 1 fully saturated rings. The molecule has 0 aliphatic heterocycles. The van der Waals surface area contributed by atoms with Gasteiger partial charge in [-0.2, -0.15) is 0 Å². The molecule has 1 aromatic heterocycles. The van der Waals surface area contributed by atoms with Gasteiger partial charge >= 0.3 is 0 Å². The molecule has 3 rings (SSSR count). The molecule has 342 valence electrons. The molecule has 2 aromatic rings. The minimum atomic E-state index is -5.29. The number of halogens is 1. The van der Waals surface area contributed by atoms with Crippen molar-refractivity contribution in [3.8, 4) is 0 Å². The molecule has 0 radical (unpaired) electrons. The Labute approximate surface area is 366 Å². The Morgan fingerprint density at radius 1 is 0.855 bits per heavy atom. The van der Waals surface area contributed by atoms with Gasteiger partial charge in [0.2, 0.25) is 33.5 Å². The number of sulfonamides is 2. The molecule has 0 spiro atoms. The van der Waals surface area contributed by atoms with Crippen LogP contribution in [-0.2, 0) is 48.8 Å². The molecular weight excluding hydrogens is 870 g/mol. The van der Waals surface area contributed by atoms with Gasteiger partial charge in [-0.25, -0.2) is 31.3 Å². The maximum atomic E-state index is 14.8. The molecule has 20 nitrogen and oxygen atoms in total. The van der Waals surface area contributed by atoms with E-state index in [1.807, 2.05) is 13.8 Å². The Balaban J connectivity index is 2.10. The minimum Gasteiger partial charge on any atom is -0.342 e. The number of hydrogen-bond acceptors (Lipinski definition) is 14. The van der Waals surface area contributed by atoms with Gasteiger partial charge < -0.3 is 21.7 Å². The lowest BCUT2D eigenvalue weighted by atomic mass is 9.84. The molecule has 0 saturated heterocycles. The molecule has 8 N–H and O–H groups in total. The largest absolute Gasteiger partial charge is 0.342 e. The van der Waals surface area contributed by atoms with Crippen LogP contribution in [0.2, 0.25) is 5.02 Å². The van der Waals surface area contributed by atoms with E-state index in [9.17, 15) is 50.4 Å². The van der Waals surface area contributed by atoms with Crippen molar-refractivity contribution in [3.05, 3.63) is 47.5 Å². The fourth-order valence-corrected chi connectivity index (χ4v) is 9.17. The first-order chi connectivity index (χ1) is 29.0. The Hall–Kier alpha value is -4.90. The normalized spacial score (nSPS) is 15.9. The molecule has 1 aliphatic rings. The summed E-state index contributed by atoms with van der Waals surface area (Å²) >= 11 is 6.11. The van der Waals surface area contributed by atoms with Gasteiger partial charge in [-0.05, 0) is 55.2 Å². The highest BCUT2D eigenvalue weighted by molar-refractivity contribution is 7.90. The number of nitrogens with two attached hydrogens (primary N) is 2. The molecule has 0 bridgehead atoms. The van der Waals surface area contributed by atoms with Crippen LogP contribution in [0.3, 0.4) is 0 Å². The molecule has 5 atom stereocenters. The topological polar surface area (TPSA) is 317 Å². The van der Waals surface area contributed by atoms with Gasteiger partial charge in [0.15, 0.2) is 0 Å². The van der Waals surface area contributed by atoms with E-state index in [4.69, 9.17) is 22.5 Å². The maximum absolute atomic E-state index is 14.8. The monoisotopic (exact) mass is 925 g/mol. The summed E-state index contributed by atoms with van der Waals surface area (Å²) in [6.07, 6.45) is 7.89. The fraction of sp³-hybridized carbons (Fsp3) is 0.564. The number of aromatic nitrogens is 2. The van der Waals surface area contributed by atoms with E-state index < -0.39 is 113 Å². The third-order valence-electron chi connectivity index (χ3n) is 10.4. The van der Waals surface area contributed by atoms with Crippen LogP contribution in [0.4, 0.5) is 0 Å². The third-order valence-corrected chi connectivity index (χ3v) is 13.2. The number of benzene rings is 1. The smallest absolute Gasteiger partial charge is 0.295 e. The zero-order valence-electron chi connectivity index (χ0n) is 35.3. The number of ketones is 1. The number of imide groups is 1. The molecule has 1 heterocycles. The number of nitrogens with one attached hydrogen (secondary N) is 4. The summed E-state index contributed by atoms with van der Waals surface area (Å²) in [5.74, 6) is -8.74. The Morgan fingerprint density at radius 3 is 2.06 bits per heavy atom. The van der Waals surface area contributed by atoms with Gasteiger partial charge in [0.05, 0.1) is 22.0 Å². The number of hydrogen-bond donors (Lipinski definition) is 6. The third kappa shape index (κ3) is 14.6. The molecular formula is C39H56ClN9O11S2. The molecule has 23 heteroatoms. The van der Waals surface area contributed by atoms with Crippen LogP contribution in [0, 0.1) is 17.8 Å². The summed E-state index contributed by atoms with van der Waals surface area (Å²) < 4.78 is 53.5. The van der Waals surface area contributed by atoms with Crippen molar-refractivity contribution < 1.29 is 50.4 Å². The number of primary sulfonamides is 1. The zero-order valence-corrected chi connectivity index (χ0v) is 37.6. The molecule has 1 saturated carbocycles. The number of Topliss-reactive ketones (excluding diaryl/α,β-unsaturated/α-hetero) is 1. The predicted octanol–water partition coefficient (Wildman–Crippen LogP) is 1.07. The Morgan fingerprint density at radius 2 is 1.50 bits per heavy atom. The predicted molar refractivity (Wildman–Crippen MR) is 225 cm³/mol. The Kier molecular flexibility index (Phi) is 19.1. The highest BCUT2D eigenvalue weighted by atomic mass is 35.5. The van der Waals surface area contributed by atoms with Crippen molar-refractivity contribution in [1.82, 2.24) is 35.5 Å². The highest BCUT2D eigenvalue weighted by Crippen LogP contribution is 2.30. The summed E-state index contributed by atoms with van der Waals surface area (Å²) in [5, 5.41) is 14.5. The van der Waals surface area contributed by atoms with Crippen molar-refractivity contribution in [2.24, 2.45) is 28.6 Å². The molecule has 6 amide bonds. The first kappa shape index (κ1) is 51.5. The van der Waals surface area contributed by atoms with E-state index in [2.05, 4.69) is 25.9 Å². The van der Waals surface area contributed by atoms with Crippen LogP contribution in [0.1, 0.15) is 103 Å². The number of rotatable bonds is 21. The van der Waals surface area contributed by atoms with Crippen molar-refractivity contribution in [2.75, 3.05) is 6.54 Å². The van der Waals surface area contributed by atoms with Crippen molar-refractivity contribution >= 4 is 72.9 Å². The van der Waals surface area contributed by atoms with Crippen LogP contribution in [0.25, 0.3) is 0 Å². The second-order valence-corrected chi connectivity index (χ2v) is 19.6. The lowest BCUT2D eigenvalue weighted by molar-refractivity contribution is -0.142. The lowest BCUT2D eigenvalue weighted by Gasteiger charge is -2.33. The highest BCUT2D eigenvalue weighted by Gasteiger charge is 2.40. The van der Waals surface area contributed by atoms with E-state index in [0.29, 0.717) is 25.3 Å². The van der Waals surface area contributed by atoms with Crippen LogP contribution in [-0.4, -0.2) is 103 Å². The van der Waals surface area contributed by atoms with E-state index >= 15 is 0 Å². The number of carbonyl (C=O) groups excluding carboxylic acids is 7. The van der Waals surface area contributed by atoms with Crippen LogP contribution in [0.5, 0.6) is 0 Å². The summed E-state index contributed by atoms with van der Waals surface area (Å²) in [4.78, 5) is 101. The lowest BCUT2D eigenvalue weighted by Crippen LogP contribution is -2.60. The number of amides is 6. The van der Waals surface area contributed by atoms with Gasteiger partial charge in [0.1, 0.15) is 30.4 Å². The first-order valence-corrected chi connectivity index (χ1v) is 23.6. The summed E-state index contributed by atoms with van der Waals surface area (Å²) in [7, 11) is -9.87. The van der Waals surface area contributed by atoms with Crippen LogP contribution < -0.4 is 32.1 Å².